The van der Waals surface area contributed by atoms with E-state index in [9.17, 15) is 10.2 Å². The lowest BCUT2D eigenvalue weighted by Crippen LogP contribution is -2.00. The maximum Gasteiger partial charge on any atom is 0.203 e. The highest BCUT2D eigenvalue weighted by atomic mass is 16.5. The van der Waals surface area contributed by atoms with E-state index in [4.69, 9.17) is 18.9 Å². The fourth-order valence-corrected chi connectivity index (χ4v) is 3.47. The third-order valence-corrected chi connectivity index (χ3v) is 4.81. The molecule has 0 heterocycles. The molecule has 27 heavy (non-hydrogen) atoms. The summed E-state index contributed by atoms with van der Waals surface area (Å²) in [5.41, 5.74) is 3.29. The van der Waals surface area contributed by atoms with Gasteiger partial charge in [-0.25, -0.2) is 0 Å². The maximum absolute atomic E-state index is 10.5. The summed E-state index contributed by atoms with van der Waals surface area (Å²) in [4.78, 5) is 0. The molecule has 2 aromatic rings. The quantitative estimate of drug-likeness (QED) is 0.775. The second-order valence-corrected chi connectivity index (χ2v) is 6.23. The molecule has 0 aromatic heterocycles. The highest BCUT2D eigenvalue weighted by Gasteiger charge is 2.24. The van der Waals surface area contributed by atoms with Crippen LogP contribution in [0.3, 0.4) is 0 Å². The lowest BCUT2D eigenvalue weighted by Gasteiger charge is -2.18. The maximum atomic E-state index is 10.5. The molecular weight excluding hydrogens is 348 g/mol. The fourth-order valence-electron chi connectivity index (χ4n) is 3.47. The van der Waals surface area contributed by atoms with Crippen molar-refractivity contribution in [3.63, 3.8) is 0 Å². The first-order valence-electron chi connectivity index (χ1n) is 8.68. The third kappa shape index (κ3) is 3.23. The van der Waals surface area contributed by atoms with Crippen LogP contribution in [-0.4, -0.2) is 38.7 Å². The topological polar surface area (TPSA) is 77.4 Å². The summed E-state index contributed by atoms with van der Waals surface area (Å²) in [7, 11) is 6.17. The van der Waals surface area contributed by atoms with E-state index in [0.29, 0.717) is 29.2 Å². The first-order valence-corrected chi connectivity index (χ1v) is 8.68. The molecule has 1 aliphatic carbocycles. The lowest BCUT2D eigenvalue weighted by atomic mass is 9.92. The third-order valence-electron chi connectivity index (χ3n) is 4.81. The van der Waals surface area contributed by atoms with Crippen LogP contribution < -0.4 is 18.9 Å². The van der Waals surface area contributed by atoms with Gasteiger partial charge in [-0.3, -0.25) is 0 Å². The Morgan fingerprint density at radius 2 is 1.41 bits per heavy atom. The predicted molar refractivity (Wildman–Crippen MR) is 102 cm³/mol. The summed E-state index contributed by atoms with van der Waals surface area (Å²) in [5.74, 6) is 1.48. The minimum absolute atomic E-state index is 0.135. The van der Waals surface area contributed by atoms with Crippen LogP contribution >= 0.6 is 0 Å². The molecule has 0 saturated heterocycles. The van der Waals surface area contributed by atoms with Crippen molar-refractivity contribution in [1.82, 2.24) is 0 Å². The van der Waals surface area contributed by atoms with Gasteiger partial charge in [-0.15, -0.1) is 0 Å². The van der Waals surface area contributed by atoms with Gasteiger partial charge in [-0.05, 0) is 54.2 Å². The van der Waals surface area contributed by atoms with Gasteiger partial charge in [0, 0.05) is 5.56 Å². The van der Waals surface area contributed by atoms with Crippen molar-refractivity contribution in [3.8, 4) is 34.5 Å². The molecular formula is C21H24O6. The van der Waals surface area contributed by atoms with Crippen LogP contribution in [0.1, 0.15) is 29.5 Å². The molecule has 0 fully saturated rings. The molecule has 0 bridgehead atoms. The highest BCUT2D eigenvalue weighted by Crippen LogP contribution is 2.47. The number of allylic oxidation sites excluding steroid dienone is 1. The normalized spacial score (nSPS) is 13.3. The summed E-state index contributed by atoms with van der Waals surface area (Å²) in [6.07, 6.45) is 4.47. The van der Waals surface area contributed by atoms with Gasteiger partial charge in [-0.2, -0.15) is 0 Å². The van der Waals surface area contributed by atoms with Crippen molar-refractivity contribution in [2.24, 2.45) is 0 Å². The van der Waals surface area contributed by atoms with Gasteiger partial charge in [-0.1, -0.05) is 6.08 Å². The van der Waals surface area contributed by atoms with E-state index in [1.807, 2.05) is 12.1 Å². The summed E-state index contributed by atoms with van der Waals surface area (Å²) in [6.45, 7) is 0. The van der Waals surface area contributed by atoms with Crippen molar-refractivity contribution >= 4 is 5.57 Å². The number of hydrogen-bond donors (Lipinski definition) is 2. The summed E-state index contributed by atoms with van der Waals surface area (Å²) >= 11 is 0. The molecule has 0 amide bonds. The van der Waals surface area contributed by atoms with Crippen LogP contribution in [0.25, 0.3) is 5.57 Å². The molecule has 0 radical (unpaired) electrons. The first kappa shape index (κ1) is 18.8. The van der Waals surface area contributed by atoms with E-state index in [1.54, 1.807) is 27.4 Å². The molecule has 1 aliphatic rings. The predicted octanol–water partition coefficient (Wildman–Crippen LogP) is 3.90. The Hall–Kier alpha value is -3.02. The van der Waals surface area contributed by atoms with Crippen LogP contribution in [0.2, 0.25) is 0 Å². The number of fused-ring (bicyclic) bond motifs is 1. The van der Waals surface area contributed by atoms with Gasteiger partial charge < -0.3 is 29.2 Å². The Kier molecular flexibility index (Phi) is 5.35. The smallest absolute Gasteiger partial charge is 0.203 e. The van der Waals surface area contributed by atoms with Gasteiger partial charge in [0.1, 0.15) is 0 Å². The number of aromatic hydroxyl groups is 2. The van der Waals surface area contributed by atoms with Crippen molar-refractivity contribution in [3.05, 3.63) is 41.0 Å². The molecule has 0 aliphatic heterocycles. The molecule has 0 unspecified atom stereocenters. The zero-order valence-corrected chi connectivity index (χ0v) is 16.0. The summed E-state index contributed by atoms with van der Waals surface area (Å²) in [6, 6.07) is 5.50. The Bertz CT molecular complexity index is 860. The van der Waals surface area contributed by atoms with Crippen LogP contribution in [-0.2, 0) is 6.42 Å². The Labute approximate surface area is 158 Å². The minimum Gasteiger partial charge on any atom is -0.504 e. The lowest BCUT2D eigenvalue weighted by molar-refractivity contribution is 0.324. The van der Waals surface area contributed by atoms with Crippen LogP contribution in [0.4, 0.5) is 0 Å². The van der Waals surface area contributed by atoms with E-state index >= 15 is 0 Å². The molecule has 144 valence electrons. The summed E-state index contributed by atoms with van der Waals surface area (Å²) in [5, 5.41) is 20.7. The second-order valence-electron chi connectivity index (χ2n) is 6.23. The molecule has 0 saturated carbocycles. The monoisotopic (exact) mass is 372 g/mol. The number of ether oxygens (including phenoxy) is 4. The molecule has 6 heteroatoms. The number of rotatable bonds is 5. The van der Waals surface area contributed by atoms with Crippen LogP contribution in [0.15, 0.2) is 24.3 Å². The van der Waals surface area contributed by atoms with E-state index in [-0.39, 0.29) is 17.2 Å². The highest BCUT2D eigenvalue weighted by molar-refractivity contribution is 5.86. The Balaban J connectivity index is 2.25. The van der Waals surface area contributed by atoms with E-state index in [0.717, 1.165) is 29.5 Å². The average molecular weight is 372 g/mol. The first-order chi connectivity index (χ1) is 13.0. The standard InChI is InChI=1S/C21H24O6/c1-24-16-11-15-13(7-5-6-8-14(15)19(22)20(16)23)12-9-17(25-2)21(27-4)18(10-12)26-3/h7,9-11,22-23H,5-6,8H2,1-4H3. The fraction of sp³-hybridized carbons (Fsp3) is 0.333. The number of hydrogen-bond acceptors (Lipinski definition) is 6. The Morgan fingerprint density at radius 3 is 1.96 bits per heavy atom. The molecule has 0 spiro atoms. The average Bonchev–Trinajstić information content (AvgIpc) is 2.91. The van der Waals surface area contributed by atoms with Gasteiger partial charge >= 0.3 is 0 Å². The van der Waals surface area contributed by atoms with E-state index < -0.39 is 0 Å². The molecule has 3 rings (SSSR count). The number of phenols is 2. The van der Waals surface area contributed by atoms with Gasteiger partial charge in [0.25, 0.3) is 0 Å². The van der Waals surface area contributed by atoms with Crippen molar-refractivity contribution < 1.29 is 29.2 Å². The Morgan fingerprint density at radius 1 is 0.778 bits per heavy atom. The number of phenolic OH excluding ortho intramolecular Hbond substituents is 2. The SMILES string of the molecule is COc1cc2c(c(O)c1O)CCCC=C2c1cc(OC)c(OC)c(OC)c1. The molecule has 0 atom stereocenters. The molecule has 2 aromatic carbocycles. The van der Waals surface area contributed by atoms with Crippen molar-refractivity contribution in [2.75, 3.05) is 28.4 Å². The van der Waals surface area contributed by atoms with Crippen LogP contribution in [0.5, 0.6) is 34.5 Å². The zero-order valence-electron chi connectivity index (χ0n) is 16.0. The van der Waals surface area contributed by atoms with Gasteiger partial charge in [0.15, 0.2) is 23.0 Å². The van der Waals surface area contributed by atoms with E-state index in [1.165, 1.54) is 7.11 Å². The van der Waals surface area contributed by atoms with Gasteiger partial charge in [0.2, 0.25) is 11.5 Å². The second kappa shape index (κ2) is 7.70. The summed E-state index contributed by atoms with van der Waals surface area (Å²) < 4.78 is 21.6. The van der Waals surface area contributed by atoms with Crippen LogP contribution in [0, 0.1) is 0 Å². The molecule has 6 nitrogen and oxygen atoms in total. The number of benzene rings is 2. The molecule has 2 N–H and O–H groups in total. The van der Waals surface area contributed by atoms with Crippen molar-refractivity contribution in [2.45, 2.75) is 19.3 Å². The van der Waals surface area contributed by atoms with E-state index in [2.05, 4.69) is 6.08 Å². The van der Waals surface area contributed by atoms with Crippen molar-refractivity contribution in [1.29, 1.82) is 0 Å². The zero-order chi connectivity index (χ0) is 19.6. The minimum atomic E-state index is -0.234. The largest absolute Gasteiger partial charge is 0.504 e. The number of methoxy groups -OCH3 is 4. The van der Waals surface area contributed by atoms with Gasteiger partial charge in [0.05, 0.1) is 28.4 Å².